The number of aryl methyl sites for hydroxylation is 2. The largest absolute Gasteiger partial charge is 0.354 e. The summed E-state index contributed by atoms with van der Waals surface area (Å²) in [5.41, 5.74) is 3.75. The van der Waals surface area contributed by atoms with Crippen molar-refractivity contribution in [3.8, 4) is 0 Å². The van der Waals surface area contributed by atoms with E-state index in [4.69, 9.17) is 0 Å². The summed E-state index contributed by atoms with van der Waals surface area (Å²) in [6, 6.07) is 14.7. The normalized spacial score (nSPS) is 12.3. The molecule has 7 nitrogen and oxygen atoms in total. The van der Waals surface area contributed by atoms with Gasteiger partial charge in [-0.3, -0.25) is 13.9 Å². The van der Waals surface area contributed by atoms with Gasteiger partial charge < -0.3 is 10.2 Å². The second-order valence-electron chi connectivity index (χ2n) is 9.97. The van der Waals surface area contributed by atoms with Crippen LogP contribution in [0.25, 0.3) is 0 Å². The first-order chi connectivity index (χ1) is 17.5. The zero-order valence-electron chi connectivity index (χ0n) is 23.2. The Bertz CT molecular complexity index is 1130. The molecule has 37 heavy (non-hydrogen) atoms. The molecule has 1 atom stereocenters. The average Bonchev–Trinajstić information content (AvgIpc) is 2.85. The summed E-state index contributed by atoms with van der Waals surface area (Å²) < 4.78 is 26.4. The fourth-order valence-corrected chi connectivity index (χ4v) is 5.18. The van der Waals surface area contributed by atoms with Crippen LogP contribution in [-0.4, -0.2) is 50.5 Å². The lowest BCUT2D eigenvalue weighted by atomic mass is 10.0. The second kappa shape index (κ2) is 14.2. The molecule has 0 aliphatic rings. The third kappa shape index (κ3) is 9.18. The molecule has 0 aliphatic heterocycles. The lowest BCUT2D eigenvalue weighted by Crippen LogP contribution is -2.49. The second-order valence-corrected chi connectivity index (χ2v) is 11.9. The van der Waals surface area contributed by atoms with Gasteiger partial charge in [-0.15, -0.1) is 0 Å². The molecule has 0 radical (unpaired) electrons. The molecular weight excluding hydrogens is 486 g/mol. The topological polar surface area (TPSA) is 86.8 Å². The van der Waals surface area contributed by atoms with E-state index in [2.05, 4.69) is 5.32 Å². The molecule has 204 valence electrons. The number of hydrogen-bond acceptors (Lipinski definition) is 4. The molecule has 2 rings (SSSR count). The highest BCUT2D eigenvalue weighted by Gasteiger charge is 2.29. The van der Waals surface area contributed by atoms with Crippen molar-refractivity contribution in [2.45, 2.75) is 72.9 Å². The van der Waals surface area contributed by atoms with E-state index in [1.54, 1.807) is 17.0 Å². The van der Waals surface area contributed by atoms with Crippen LogP contribution in [0, 0.1) is 12.8 Å². The van der Waals surface area contributed by atoms with Gasteiger partial charge in [-0.1, -0.05) is 64.1 Å². The van der Waals surface area contributed by atoms with Gasteiger partial charge in [0.2, 0.25) is 21.8 Å². The molecule has 0 heterocycles. The highest BCUT2D eigenvalue weighted by molar-refractivity contribution is 7.92. The summed E-state index contributed by atoms with van der Waals surface area (Å²) in [6.45, 7) is 11.1. The van der Waals surface area contributed by atoms with Crippen LogP contribution < -0.4 is 9.62 Å². The first-order valence-electron chi connectivity index (χ1n) is 13.2. The zero-order chi connectivity index (χ0) is 27.6. The lowest BCUT2D eigenvalue weighted by Gasteiger charge is -2.31. The molecule has 8 heteroatoms. The first-order valence-corrected chi connectivity index (χ1v) is 15.0. The van der Waals surface area contributed by atoms with Crippen LogP contribution in [0.5, 0.6) is 0 Å². The molecule has 0 fully saturated rings. The van der Waals surface area contributed by atoms with E-state index in [0.717, 1.165) is 23.1 Å². The van der Waals surface area contributed by atoms with E-state index in [9.17, 15) is 18.0 Å². The molecule has 0 aromatic heterocycles. The maximum Gasteiger partial charge on any atom is 0.242 e. The predicted octanol–water partition coefficient (Wildman–Crippen LogP) is 4.68. The fraction of sp³-hybridized carbons (Fsp3) is 0.517. The summed E-state index contributed by atoms with van der Waals surface area (Å²) in [6.07, 6.45) is 3.02. The Kier molecular flexibility index (Phi) is 11.6. The Labute approximate surface area is 223 Å². The van der Waals surface area contributed by atoms with Gasteiger partial charge in [-0.25, -0.2) is 8.42 Å². The zero-order valence-corrected chi connectivity index (χ0v) is 24.0. The molecule has 0 saturated heterocycles. The number of carbonyl (C=O) groups excluding carboxylic acids is 2. The van der Waals surface area contributed by atoms with Crippen LogP contribution in [0.15, 0.2) is 48.5 Å². The van der Waals surface area contributed by atoms with E-state index in [1.807, 2.05) is 71.0 Å². The summed E-state index contributed by atoms with van der Waals surface area (Å²) in [7, 11) is -3.52. The minimum Gasteiger partial charge on any atom is -0.354 e. The van der Waals surface area contributed by atoms with Crippen LogP contribution in [0.3, 0.4) is 0 Å². The Morgan fingerprint density at radius 3 is 2.19 bits per heavy atom. The van der Waals surface area contributed by atoms with Crippen molar-refractivity contribution in [2.75, 3.05) is 23.7 Å². The highest BCUT2D eigenvalue weighted by atomic mass is 32.2. The molecule has 0 spiro atoms. The molecule has 2 aromatic rings. The van der Waals surface area contributed by atoms with E-state index >= 15 is 0 Å². The van der Waals surface area contributed by atoms with Crippen molar-refractivity contribution in [2.24, 2.45) is 5.92 Å². The molecule has 0 saturated carbocycles. The van der Waals surface area contributed by atoms with Gasteiger partial charge in [0.1, 0.15) is 6.04 Å². The number of hydrogen-bond donors (Lipinski definition) is 1. The van der Waals surface area contributed by atoms with E-state index < -0.39 is 16.1 Å². The maximum atomic E-state index is 13.5. The number of anilines is 1. The van der Waals surface area contributed by atoms with Gasteiger partial charge >= 0.3 is 0 Å². The molecule has 1 unspecified atom stereocenters. The van der Waals surface area contributed by atoms with Gasteiger partial charge in [0.25, 0.3) is 0 Å². The minimum atomic E-state index is -3.52. The minimum absolute atomic E-state index is 0.138. The molecule has 1 N–H and O–H groups in total. The molecule has 0 aliphatic carbocycles. The summed E-state index contributed by atoms with van der Waals surface area (Å²) in [4.78, 5) is 28.2. The van der Waals surface area contributed by atoms with E-state index in [1.165, 1.54) is 10.6 Å². The van der Waals surface area contributed by atoms with Gasteiger partial charge in [-0.2, -0.15) is 0 Å². The third-order valence-electron chi connectivity index (χ3n) is 6.46. The number of rotatable bonds is 14. The highest BCUT2D eigenvalue weighted by Crippen LogP contribution is 2.21. The summed E-state index contributed by atoms with van der Waals surface area (Å²) in [5, 5.41) is 2.97. The van der Waals surface area contributed by atoms with Crippen molar-refractivity contribution < 1.29 is 18.0 Å². The van der Waals surface area contributed by atoms with Crippen LogP contribution in [0.1, 0.15) is 63.6 Å². The summed E-state index contributed by atoms with van der Waals surface area (Å²) in [5.74, 6) is -0.0214. The van der Waals surface area contributed by atoms with Gasteiger partial charge in [0, 0.05) is 26.1 Å². The number of amides is 2. The Morgan fingerprint density at radius 2 is 1.65 bits per heavy atom. The molecular formula is C29H43N3O4S. The standard InChI is InChI=1S/C29H43N3O4S/c1-7-24-15-17-26(18-16-24)32(37(6,35)36)19-11-14-28(33)31(21-25-13-10-9-12-23(25)5)27(8-2)29(34)30-20-22(3)4/h9-10,12-13,15-18,22,27H,7-8,11,14,19-21H2,1-6H3,(H,30,34). The Morgan fingerprint density at radius 1 is 1.00 bits per heavy atom. The Hall–Kier alpha value is -2.87. The Balaban J connectivity index is 2.21. The van der Waals surface area contributed by atoms with Crippen molar-refractivity contribution in [3.05, 3.63) is 65.2 Å². The molecule has 2 amide bonds. The number of nitrogens with zero attached hydrogens (tertiary/aromatic N) is 2. The summed E-state index contributed by atoms with van der Waals surface area (Å²) >= 11 is 0. The van der Waals surface area contributed by atoms with Crippen LogP contribution >= 0.6 is 0 Å². The lowest BCUT2D eigenvalue weighted by molar-refractivity contribution is -0.141. The average molecular weight is 530 g/mol. The monoisotopic (exact) mass is 529 g/mol. The van der Waals surface area contributed by atoms with E-state index in [-0.39, 0.29) is 24.8 Å². The SMILES string of the molecule is CCc1ccc(N(CCCC(=O)N(Cc2ccccc2C)C(CC)C(=O)NCC(C)C)S(C)(=O)=O)cc1. The quantitative estimate of drug-likeness (QED) is 0.385. The van der Waals surface area contributed by atoms with E-state index in [0.29, 0.717) is 37.5 Å². The van der Waals surface area contributed by atoms with Crippen LogP contribution in [0.4, 0.5) is 5.69 Å². The molecule has 0 bridgehead atoms. The van der Waals surface area contributed by atoms with Crippen LogP contribution in [-0.2, 0) is 32.6 Å². The number of sulfonamides is 1. The molecule has 2 aromatic carbocycles. The van der Waals surface area contributed by atoms with Gasteiger partial charge in [-0.05, 0) is 60.9 Å². The van der Waals surface area contributed by atoms with Gasteiger partial charge in [0.15, 0.2) is 0 Å². The van der Waals surface area contributed by atoms with Crippen molar-refractivity contribution in [3.63, 3.8) is 0 Å². The van der Waals surface area contributed by atoms with Crippen LogP contribution in [0.2, 0.25) is 0 Å². The predicted molar refractivity (Wildman–Crippen MR) is 151 cm³/mol. The number of nitrogens with one attached hydrogen (secondary N) is 1. The fourth-order valence-electron chi connectivity index (χ4n) is 4.21. The van der Waals surface area contributed by atoms with Gasteiger partial charge in [0.05, 0.1) is 11.9 Å². The van der Waals surface area contributed by atoms with Crippen molar-refractivity contribution in [1.82, 2.24) is 10.2 Å². The number of benzene rings is 2. The van der Waals surface area contributed by atoms with Crippen molar-refractivity contribution in [1.29, 1.82) is 0 Å². The maximum absolute atomic E-state index is 13.5. The number of carbonyl (C=O) groups is 2. The smallest absolute Gasteiger partial charge is 0.242 e. The van der Waals surface area contributed by atoms with Crippen molar-refractivity contribution >= 4 is 27.5 Å². The third-order valence-corrected chi connectivity index (χ3v) is 7.65. The first kappa shape index (κ1) is 30.4.